The van der Waals surface area contributed by atoms with Crippen molar-refractivity contribution in [3.8, 4) is 0 Å². The summed E-state index contributed by atoms with van der Waals surface area (Å²) in [5.41, 5.74) is 1.10. The molecule has 132 valence electrons. The fraction of sp³-hybridized carbons (Fsp3) is 0.368. The summed E-state index contributed by atoms with van der Waals surface area (Å²) in [6.07, 6.45) is 4.97. The molecule has 0 saturated heterocycles. The third kappa shape index (κ3) is 4.48. The fourth-order valence-electron chi connectivity index (χ4n) is 2.73. The van der Waals surface area contributed by atoms with Crippen molar-refractivity contribution < 1.29 is 19.1 Å². The number of benzene rings is 1. The molecule has 6 nitrogen and oxygen atoms in total. The summed E-state index contributed by atoms with van der Waals surface area (Å²) in [6, 6.07) is 10.5. The largest absolute Gasteiger partial charge is 0.459 e. The van der Waals surface area contributed by atoms with Crippen LogP contribution < -0.4 is 5.32 Å². The van der Waals surface area contributed by atoms with Crippen molar-refractivity contribution >= 4 is 17.5 Å². The van der Waals surface area contributed by atoms with Crippen LogP contribution in [0.1, 0.15) is 46.6 Å². The second-order valence-electron chi connectivity index (χ2n) is 6.17. The van der Waals surface area contributed by atoms with Crippen LogP contribution in [0.15, 0.2) is 47.1 Å². The fourth-order valence-corrected chi connectivity index (χ4v) is 2.73. The summed E-state index contributed by atoms with van der Waals surface area (Å²) in [4.78, 5) is 26.8. The van der Waals surface area contributed by atoms with Crippen molar-refractivity contribution in [1.82, 2.24) is 4.90 Å². The molecule has 3 rings (SSSR count). The Morgan fingerprint density at radius 3 is 2.72 bits per heavy atom. The van der Waals surface area contributed by atoms with Crippen LogP contribution in [0.2, 0.25) is 0 Å². The summed E-state index contributed by atoms with van der Waals surface area (Å²) in [7, 11) is 0. The Morgan fingerprint density at radius 2 is 2.04 bits per heavy atom. The van der Waals surface area contributed by atoms with Gasteiger partial charge in [0.2, 0.25) is 0 Å². The standard InChI is InChI=1S/C19H22N2O4/c22-11-2-1-10-21(16-8-9-16)19(24)14-5-3-6-15(13-14)20-18(23)17-7-4-12-25-17/h3-7,12-13,16,22H,1-2,8-11H2,(H,20,23). The van der Waals surface area contributed by atoms with Crippen molar-refractivity contribution in [2.75, 3.05) is 18.5 Å². The van der Waals surface area contributed by atoms with Gasteiger partial charge in [-0.1, -0.05) is 6.07 Å². The first-order valence-corrected chi connectivity index (χ1v) is 8.56. The van der Waals surface area contributed by atoms with Gasteiger partial charge in [-0.15, -0.1) is 0 Å². The van der Waals surface area contributed by atoms with Crippen LogP contribution in [0, 0.1) is 0 Å². The third-order valence-corrected chi connectivity index (χ3v) is 4.17. The van der Waals surface area contributed by atoms with E-state index in [1.807, 2.05) is 4.90 Å². The average Bonchev–Trinajstić information content (AvgIpc) is 3.30. The van der Waals surface area contributed by atoms with Crippen molar-refractivity contribution in [2.24, 2.45) is 0 Å². The van der Waals surface area contributed by atoms with Gasteiger partial charge in [-0.2, -0.15) is 0 Å². The highest BCUT2D eigenvalue weighted by molar-refractivity contribution is 6.03. The lowest BCUT2D eigenvalue weighted by Crippen LogP contribution is -2.34. The Bertz CT molecular complexity index is 723. The summed E-state index contributed by atoms with van der Waals surface area (Å²) >= 11 is 0. The Balaban J connectivity index is 1.69. The van der Waals surface area contributed by atoms with Gasteiger partial charge in [-0.25, -0.2) is 0 Å². The van der Waals surface area contributed by atoms with Crippen LogP contribution in [-0.2, 0) is 0 Å². The minimum absolute atomic E-state index is 0.0328. The van der Waals surface area contributed by atoms with E-state index in [0.29, 0.717) is 30.3 Å². The first kappa shape index (κ1) is 17.2. The second kappa shape index (κ2) is 7.98. The van der Waals surface area contributed by atoms with Gasteiger partial charge >= 0.3 is 0 Å². The van der Waals surface area contributed by atoms with Gasteiger partial charge in [0.25, 0.3) is 11.8 Å². The molecule has 1 aliphatic carbocycles. The topological polar surface area (TPSA) is 82.8 Å². The molecule has 0 bridgehead atoms. The zero-order valence-electron chi connectivity index (χ0n) is 14.0. The number of hydrogen-bond acceptors (Lipinski definition) is 4. The molecule has 2 amide bonds. The number of aliphatic hydroxyl groups excluding tert-OH is 1. The van der Waals surface area contributed by atoms with Crippen LogP contribution in [0.25, 0.3) is 0 Å². The molecular formula is C19H22N2O4. The zero-order chi connectivity index (χ0) is 17.6. The first-order valence-electron chi connectivity index (χ1n) is 8.56. The molecule has 0 spiro atoms. The van der Waals surface area contributed by atoms with Gasteiger partial charge in [0, 0.05) is 30.4 Å². The Morgan fingerprint density at radius 1 is 1.20 bits per heavy atom. The highest BCUT2D eigenvalue weighted by Gasteiger charge is 2.32. The van der Waals surface area contributed by atoms with Gasteiger partial charge < -0.3 is 19.7 Å². The summed E-state index contributed by atoms with van der Waals surface area (Å²) < 4.78 is 5.07. The van der Waals surface area contributed by atoms with Gasteiger partial charge in [0.05, 0.1) is 6.26 Å². The number of nitrogens with one attached hydrogen (secondary N) is 1. The maximum atomic E-state index is 12.8. The lowest BCUT2D eigenvalue weighted by molar-refractivity contribution is 0.0736. The number of nitrogens with zero attached hydrogens (tertiary/aromatic N) is 1. The minimum atomic E-state index is -0.350. The van der Waals surface area contributed by atoms with Crippen molar-refractivity contribution in [3.05, 3.63) is 54.0 Å². The Kier molecular flexibility index (Phi) is 5.50. The monoisotopic (exact) mass is 342 g/mol. The molecule has 1 saturated carbocycles. The zero-order valence-corrected chi connectivity index (χ0v) is 14.0. The predicted octanol–water partition coefficient (Wildman–Crippen LogP) is 2.91. The molecule has 1 aromatic heterocycles. The van der Waals surface area contributed by atoms with Crippen molar-refractivity contribution in [1.29, 1.82) is 0 Å². The minimum Gasteiger partial charge on any atom is -0.459 e. The first-order chi connectivity index (χ1) is 12.2. The van der Waals surface area contributed by atoms with E-state index in [4.69, 9.17) is 9.52 Å². The molecule has 1 heterocycles. The number of unbranched alkanes of at least 4 members (excludes halogenated alkanes) is 1. The highest BCUT2D eigenvalue weighted by atomic mass is 16.3. The SMILES string of the molecule is O=C(Nc1cccc(C(=O)N(CCCCO)C2CC2)c1)c1ccco1. The maximum absolute atomic E-state index is 12.8. The number of aliphatic hydroxyl groups is 1. The Labute approximate surface area is 146 Å². The van der Waals surface area contributed by atoms with Crippen LogP contribution in [0.3, 0.4) is 0 Å². The maximum Gasteiger partial charge on any atom is 0.291 e. The number of rotatable bonds is 8. The van der Waals surface area contributed by atoms with E-state index in [9.17, 15) is 9.59 Å². The van der Waals surface area contributed by atoms with Crippen LogP contribution in [0.5, 0.6) is 0 Å². The lowest BCUT2D eigenvalue weighted by Gasteiger charge is -2.22. The van der Waals surface area contributed by atoms with E-state index >= 15 is 0 Å². The second-order valence-corrected chi connectivity index (χ2v) is 6.17. The quantitative estimate of drug-likeness (QED) is 0.723. The number of anilines is 1. The van der Waals surface area contributed by atoms with Gasteiger partial charge in [0.15, 0.2) is 5.76 Å². The molecule has 0 atom stereocenters. The molecule has 1 aromatic carbocycles. The molecule has 6 heteroatoms. The molecule has 25 heavy (non-hydrogen) atoms. The highest BCUT2D eigenvalue weighted by Crippen LogP contribution is 2.29. The van der Waals surface area contributed by atoms with Gasteiger partial charge in [0.1, 0.15) is 0 Å². The molecule has 1 aliphatic rings. The van der Waals surface area contributed by atoms with E-state index in [1.165, 1.54) is 6.26 Å². The molecule has 1 fully saturated rings. The van der Waals surface area contributed by atoms with E-state index in [0.717, 1.165) is 19.3 Å². The molecular weight excluding hydrogens is 320 g/mol. The number of amides is 2. The van der Waals surface area contributed by atoms with E-state index in [2.05, 4.69) is 5.32 Å². The van der Waals surface area contributed by atoms with Gasteiger partial charge in [-0.05, 0) is 56.0 Å². The Hall–Kier alpha value is -2.60. The number of furan rings is 1. The summed E-state index contributed by atoms with van der Waals surface area (Å²) in [6.45, 7) is 0.786. The summed E-state index contributed by atoms with van der Waals surface area (Å²) in [5, 5.41) is 11.7. The van der Waals surface area contributed by atoms with Crippen LogP contribution in [0.4, 0.5) is 5.69 Å². The lowest BCUT2D eigenvalue weighted by atomic mass is 10.1. The van der Waals surface area contributed by atoms with Gasteiger partial charge in [-0.3, -0.25) is 9.59 Å². The van der Waals surface area contributed by atoms with Crippen LogP contribution in [-0.4, -0.2) is 41.0 Å². The molecule has 0 unspecified atom stereocenters. The van der Waals surface area contributed by atoms with Crippen LogP contribution >= 0.6 is 0 Å². The van der Waals surface area contributed by atoms with E-state index < -0.39 is 0 Å². The number of carbonyl (C=O) groups excluding carboxylic acids is 2. The van der Waals surface area contributed by atoms with E-state index in [-0.39, 0.29) is 24.2 Å². The van der Waals surface area contributed by atoms with Crippen molar-refractivity contribution in [2.45, 2.75) is 31.7 Å². The molecule has 0 aliphatic heterocycles. The summed E-state index contributed by atoms with van der Waals surface area (Å²) in [5.74, 6) is -0.161. The molecule has 2 aromatic rings. The molecule has 2 N–H and O–H groups in total. The smallest absolute Gasteiger partial charge is 0.291 e. The van der Waals surface area contributed by atoms with Crippen molar-refractivity contribution in [3.63, 3.8) is 0 Å². The number of hydrogen-bond donors (Lipinski definition) is 2. The molecule has 0 radical (unpaired) electrons. The predicted molar refractivity (Wildman–Crippen MR) is 93.5 cm³/mol. The average molecular weight is 342 g/mol. The number of carbonyl (C=O) groups is 2. The van der Waals surface area contributed by atoms with E-state index in [1.54, 1.807) is 36.4 Å². The third-order valence-electron chi connectivity index (χ3n) is 4.17. The normalized spacial score (nSPS) is 13.5.